The van der Waals surface area contributed by atoms with Gasteiger partial charge in [0.15, 0.2) is 0 Å². The predicted octanol–water partition coefficient (Wildman–Crippen LogP) is 5.23. The van der Waals surface area contributed by atoms with Gasteiger partial charge in [-0.2, -0.15) is 0 Å². The van der Waals surface area contributed by atoms with Gasteiger partial charge in [0.05, 0.1) is 5.41 Å². The zero-order valence-corrected chi connectivity index (χ0v) is 14.0. The summed E-state index contributed by atoms with van der Waals surface area (Å²) in [5.74, 6) is 0.0700. The first-order valence-corrected chi connectivity index (χ1v) is 8.70. The molecule has 1 unspecified atom stereocenters. The molecule has 1 aliphatic carbocycles. The number of carbonyl (C=O) groups is 1. The standard InChI is InChI=1S/C15H27IO2/c1-3-4-5-7-10-15(11-8-6-9-12-15)14(17)18-13(2)16/h13H,3-12H2,1-2H3. The number of halogens is 1. The van der Waals surface area contributed by atoms with Gasteiger partial charge in [-0.3, -0.25) is 4.79 Å². The number of carbonyl (C=O) groups excluding carboxylic acids is 1. The van der Waals surface area contributed by atoms with Crippen molar-refractivity contribution < 1.29 is 9.53 Å². The van der Waals surface area contributed by atoms with Crippen LogP contribution in [0.4, 0.5) is 0 Å². The maximum Gasteiger partial charge on any atom is 0.313 e. The summed E-state index contributed by atoms with van der Waals surface area (Å²) < 4.78 is 5.49. The van der Waals surface area contributed by atoms with E-state index in [4.69, 9.17) is 4.74 Å². The number of ether oxygens (including phenoxy) is 1. The summed E-state index contributed by atoms with van der Waals surface area (Å²) in [4.78, 5) is 12.4. The van der Waals surface area contributed by atoms with Crippen molar-refractivity contribution in [1.82, 2.24) is 0 Å². The molecule has 0 aromatic rings. The van der Waals surface area contributed by atoms with Crippen molar-refractivity contribution in [3.8, 4) is 0 Å². The van der Waals surface area contributed by atoms with Crippen molar-refractivity contribution in [3.63, 3.8) is 0 Å². The molecule has 106 valence electrons. The maximum atomic E-state index is 12.4. The quantitative estimate of drug-likeness (QED) is 0.267. The van der Waals surface area contributed by atoms with Gasteiger partial charge in [-0.1, -0.05) is 51.9 Å². The van der Waals surface area contributed by atoms with E-state index in [1.165, 1.54) is 44.9 Å². The summed E-state index contributed by atoms with van der Waals surface area (Å²) in [6.07, 6.45) is 11.8. The zero-order valence-electron chi connectivity index (χ0n) is 11.8. The van der Waals surface area contributed by atoms with Crippen molar-refractivity contribution >= 4 is 28.6 Å². The predicted molar refractivity (Wildman–Crippen MR) is 83.9 cm³/mol. The SMILES string of the molecule is CCCCCCC1(C(=O)OC(C)I)CCCCC1. The van der Waals surface area contributed by atoms with Crippen LogP contribution in [0, 0.1) is 5.41 Å². The van der Waals surface area contributed by atoms with E-state index in [9.17, 15) is 4.79 Å². The molecule has 1 fully saturated rings. The first kappa shape index (κ1) is 16.3. The molecule has 3 heteroatoms. The smallest absolute Gasteiger partial charge is 0.313 e. The Labute approximate surface area is 125 Å². The molecule has 0 saturated heterocycles. The second-order valence-corrected chi connectivity index (χ2v) is 7.35. The lowest BCUT2D eigenvalue weighted by molar-refractivity contribution is -0.159. The van der Waals surface area contributed by atoms with Gasteiger partial charge in [-0.15, -0.1) is 0 Å². The van der Waals surface area contributed by atoms with E-state index >= 15 is 0 Å². The van der Waals surface area contributed by atoms with Gasteiger partial charge < -0.3 is 4.74 Å². The topological polar surface area (TPSA) is 26.3 Å². The largest absolute Gasteiger partial charge is 0.452 e. The van der Waals surface area contributed by atoms with Crippen LogP contribution in [-0.4, -0.2) is 10.1 Å². The molecule has 1 saturated carbocycles. The molecule has 18 heavy (non-hydrogen) atoms. The number of hydrogen-bond acceptors (Lipinski definition) is 2. The highest BCUT2D eigenvalue weighted by molar-refractivity contribution is 14.1. The lowest BCUT2D eigenvalue weighted by atomic mass is 9.71. The fourth-order valence-corrected chi connectivity index (χ4v) is 3.18. The maximum absolute atomic E-state index is 12.4. The fourth-order valence-electron chi connectivity index (χ4n) is 2.95. The van der Waals surface area contributed by atoms with Crippen LogP contribution in [0.2, 0.25) is 0 Å². The average Bonchev–Trinajstić information content (AvgIpc) is 2.35. The van der Waals surface area contributed by atoms with E-state index < -0.39 is 0 Å². The van der Waals surface area contributed by atoms with Crippen LogP contribution in [0.15, 0.2) is 0 Å². The molecule has 2 nitrogen and oxygen atoms in total. The number of alkyl halides is 1. The second kappa shape index (κ2) is 8.39. The van der Waals surface area contributed by atoms with Crippen molar-refractivity contribution in [2.24, 2.45) is 5.41 Å². The van der Waals surface area contributed by atoms with Crippen LogP contribution in [0.25, 0.3) is 0 Å². The Balaban J connectivity index is 2.54. The highest BCUT2D eigenvalue weighted by atomic mass is 127. The minimum atomic E-state index is -0.147. The van der Waals surface area contributed by atoms with Gasteiger partial charge in [-0.25, -0.2) is 0 Å². The van der Waals surface area contributed by atoms with E-state index in [-0.39, 0.29) is 15.5 Å². The summed E-state index contributed by atoms with van der Waals surface area (Å²) in [6, 6.07) is 0. The molecule has 0 N–H and O–H groups in total. The average molecular weight is 366 g/mol. The van der Waals surface area contributed by atoms with Crippen molar-refractivity contribution in [1.29, 1.82) is 0 Å². The molecule has 0 heterocycles. The van der Waals surface area contributed by atoms with Crippen LogP contribution < -0.4 is 0 Å². The molecule has 1 atom stereocenters. The van der Waals surface area contributed by atoms with E-state index in [1.54, 1.807) is 0 Å². The Morgan fingerprint density at radius 1 is 1.22 bits per heavy atom. The summed E-state index contributed by atoms with van der Waals surface area (Å²) in [5.41, 5.74) is -0.147. The summed E-state index contributed by atoms with van der Waals surface area (Å²) in [5, 5.41) is 0. The zero-order chi connectivity index (χ0) is 13.4. The molecule has 0 aliphatic heterocycles. The van der Waals surface area contributed by atoms with Gasteiger partial charge in [0.1, 0.15) is 4.11 Å². The number of rotatable bonds is 7. The Morgan fingerprint density at radius 3 is 2.44 bits per heavy atom. The van der Waals surface area contributed by atoms with Crippen LogP contribution in [0.3, 0.4) is 0 Å². The molecule has 0 aromatic heterocycles. The van der Waals surface area contributed by atoms with Gasteiger partial charge in [-0.05, 0) is 48.8 Å². The number of hydrogen-bond donors (Lipinski definition) is 0. The van der Waals surface area contributed by atoms with E-state index in [2.05, 4.69) is 29.5 Å². The molecule has 0 radical (unpaired) electrons. The molecule has 0 bridgehead atoms. The van der Waals surface area contributed by atoms with Gasteiger partial charge in [0, 0.05) is 0 Å². The Morgan fingerprint density at radius 2 is 1.89 bits per heavy atom. The highest BCUT2D eigenvalue weighted by Gasteiger charge is 2.40. The van der Waals surface area contributed by atoms with Gasteiger partial charge in [0.25, 0.3) is 0 Å². The fraction of sp³-hybridized carbons (Fsp3) is 0.933. The molecular weight excluding hydrogens is 339 g/mol. The van der Waals surface area contributed by atoms with Crippen LogP contribution in [-0.2, 0) is 9.53 Å². The Bertz CT molecular complexity index is 245. The lowest BCUT2D eigenvalue weighted by Crippen LogP contribution is -2.36. The van der Waals surface area contributed by atoms with Gasteiger partial charge in [0.2, 0.25) is 0 Å². The summed E-state index contributed by atoms with van der Waals surface area (Å²) in [7, 11) is 0. The lowest BCUT2D eigenvalue weighted by Gasteiger charge is -2.35. The van der Waals surface area contributed by atoms with Crippen LogP contribution >= 0.6 is 22.6 Å². The highest BCUT2D eigenvalue weighted by Crippen LogP contribution is 2.42. The van der Waals surface area contributed by atoms with Crippen molar-refractivity contribution in [2.45, 2.75) is 82.2 Å². The van der Waals surface area contributed by atoms with Crippen LogP contribution in [0.1, 0.15) is 78.1 Å². The first-order valence-electron chi connectivity index (χ1n) is 7.46. The van der Waals surface area contributed by atoms with E-state index in [0.29, 0.717) is 0 Å². The third-order valence-corrected chi connectivity index (χ3v) is 4.28. The van der Waals surface area contributed by atoms with Crippen LogP contribution in [0.5, 0.6) is 0 Å². The molecule has 1 aliphatic rings. The molecule has 0 amide bonds. The van der Waals surface area contributed by atoms with Gasteiger partial charge >= 0.3 is 5.97 Å². The summed E-state index contributed by atoms with van der Waals surface area (Å²) >= 11 is 2.17. The normalized spacial score (nSPS) is 20.4. The first-order chi connectivity index (χ1) is 8.60. The Kier molecular flexibility index (Phi) is 7.57. The molecular formula is C15H27IO2. The number of unbranched alkanes of at least 4 members (excludes halogenated alkanes) is 3. The van der Waals surface area contributed by atoms with Crippen molar-refractivity contribution in [2.75, 3.05) is 0 Å². The third kappa shape index (κ3) is 5.06. The Hall–Kier alpha value is 0.200. The summed E-state index contributed by atoms with van der Waals surface area (Å²) in [6.45, 7) is 4.16. The number of esters is 1. The minimum Gasteiger partial charge on any atom is -0.452 e. The molecule has 0 spiro atoms. The van der Waals surface area contributed by atoms with E-state index in [0.717, 1.165) is 19.3 Å². The van der Waals surface area contributed by atoms with Crippen molar-refractivity contribution in [3.05, 3.63) is 0 Å². The minimum absolute atomic E-state index is 0.00968. The third-order valence-electron chi connectivity index (χ3n) is 4.02. The second-order valence-electron chi connectivity index (χ2n) is 5.60. The monoisotopic (exact) mass is 366 g/mol. The van der Waals surface area contributed by atoms with E-state index in [1.807, 2.05) is 6.92 Å². The molecule has 1 rings (SSSR count). The molecule has 0 aromatic carbocycles.